The van der Waals surface area contributed by atoms with Crippen molar-refractivity contribution < 1.29 is 9.53 Å². The van der Waals surface area contributed by atoms with Crippen LogP contribution in [0.3, 0.4) is 0 Å². The number of nitrogens with two attached hydrogens (primary N) is 1. The zero-order chi connectivity index (χ0) is 17.0. The van der Waals surface area contributed by atoms with Crippen LogP contribution in [-0.2, 0) is 21.5 Å². The summed E-state index contributed by atoms with van der Waals surface area (Å²) in [5, 5.41) is 0. The molecule has 1 aliphatic heterocycles. The highest BCUT2D eigenvalue weighted by Crippen LogP contribution is 2.38. The van der Waals surface area contributed by atoms with Crippen molar-refractivity contribution in [2.24, 2.45) is 5.73 Å². The second kappa shape index (κ2) is 7.16. The third kappa shape index (κ3) is 3.21. The molecule has 2 aromatic rings. The van der Waals surface area contributed by atoms with Crippen LogP contribution in [0.2, 0.25) is 0 Å². The van der Waals surface area contributed by atoms with Gasteiger partial charge in [0.15, 0.2) is 0 Å². The van der Waals surface area contributed by atoms with Crippen molar-refractivity contribution in [3.05, 3.63) is 71.8 Å². The van der Waals surface area contributed by atoms with Gasteiger partial charge in [0.05, 0.1) is 18.7 Å². The summed E-state index contributed by atoms with van der Waals surface area (Å²) in [6, 6.07) is 20.2. The number of carbonyl (C=O) groups is 1. The molecule has 0 saturated carbocycles. The molecule has 4 heteroatoms. The van der Waals surface area contributed by atoms with Crippen LogP contribution in [-0.4, -0.2) is 30.7 Å². The number of benzene rings is 2. The molecule has 1 saturated heterocycles. The fourth-order valence-electron chi connectivity index (χ4n) is 3.62. The molecule has 0 spiro atoms. The van der Waals surface area contributed by atoms with Gasteiger partial charge in [-0.15, -0.1) is 0 Å². The molecule has 0 amide bonds. The van der Waals surface area contributed by atoms with Gasteiger partial charge in [-0.05, 0) is 24.0 Å². The van der Waals surface area contributed by atoms with Crippen molar-refractivity contribution in [3.8, 4) is 0 Å². The molecule has 2 unspecified atom stereocenters. The summed E-state index contributed by atoms with van der Waals surface area (Å²) >= 11 is 0. The summed E-state index contributed by atoms with van der Waals surface area (Å²) in [7, 11) is 1.45. The summed E-state index contributed by atoms with van der Waals surface area (Å²) < 4.78 is 5.14. The van der Waals surface area contributed by atoms with E-state index in [1.54, 1.807) is 0 Å². The summed E-state index contributed by atoms with van der Waals surface area (Å²) in [6.45, 7) is 1.56. The maximum absolute atomic E-state index is 12.6. The van der Waals surface area contributed by atoms with Crippen LogP contribution in [0.5, 0.6) is 0 Å². The predicted octanol–water partition coefficient (Wildman–Crippen LogP) is 2.68. The van der Waals surface area contributed by atoms with Gasteiger partial charge in [0.2, 0.25) is 0 Å². The molecule has 0 bridgehead atoms. The van der Waals surface area contributed by atoms with Crippen LogP contribution < -0.4 is 5.73 Å². The van der Waals surface area contributed by atoms with Gasteiger partial charge in [0.25, 0.3) is 0 Å². The van der Waals surface area contributed by atoms with Crippen LogP contribution >= 0.6 is 0 Å². The average Bonchev–Trinajstić information content (AvgIpc) is 2.64. The standard InChI is InChI=1S/C20H24N2O2/c1-24-19(23)20(17-10-6-3-7-11-17)12-13-22(18(21)14-20)15-16-8-4-2-5-9-16/h2-11,18H,12-15,21H2,1H3. The lowest BCUT2D eigenvalue weighted by Crippen LogP contribution is -2.55. The fraction of sp³-hybridized carbons (Fsp3) is 0.350. The number of rotatable bonds is 4. The number of hydrogen-bond acceptors (Lipinski definition) is 4. The molecule has 24 heavy (non-hydrogen) atoms. The van der Waals surface area contributed by atoms with Gasteiger partial charge in [-0.2, -0.15) is 0 Å². The van der Waals surface area contributed by atoms with Gasteiger partial charge in [0, 0.05) is 13.1 Å². The second-order valence-electron chi connectivity index (χ2n) is 6.42. The molecule has 2 atom stereocenters. The van der Waals surface area contributed by atoms with Gasteiger partial charge in [-0.25, -0.2) is 0 Å². The monoisotopic (exact) mass is 324 g/mol. The second-order valence-corrected chi connectivity index (χ2v) is 6.42. The minimum Gasteiger partial charge on any atom is -0.468 e. The molecule has 4 nitrogen and oxygen atoms in total. The molecule has 2 aromatic carbocycles. The first-order valence-electron chi connectivity index (χ1n) is 8.33. The fourth-order valence-corrected chi connectivity index (χ4v) is 3.62. The van der Waals surface area contributed by atoms with Crippen LogP contribution in [0.15, 0.2) is 60.7 Å². The lowest BCUT2D eigenvalue weighted by molar-refractivity contribution is -0.150. The highest BCUT2D eigenvalue weighted by atomic mass is 16.5. The van der Waals surface area contributed by atoms with Gasteiger partial charge < -0.3 is 10.5 Å². The summed E-state index contributed by atoms with van der Waals surface area (Å²) in [5.41, 5.74) is 8.03. The van der Waals surface area contributed by atoms with Gasteiger partial charge in [0.1, 0.15) is 0 Å². The Kier molecular flexibility index (Phi) is 4.97. The topological polar surface area (TPSA) is 55.6 Å². The molecule has 0 aromatic heterocycles. The minimum atomic E-state index is -0.650. The largest absolute Gasteiger partial charge is 0.468 e. The number of piperidine rings is 1. The number of nitrogens with zero attached hydrogens (tertiary/aromatic N) is 1. The molecule has 2 N–H and O–H groups in total. The SMILES string of the molecule is COC(=O)C1(c2ccccc2)CCN(Cc2ccccc2)C(N)C1. The zero-order valence-electron chi connectivity index (χ0n) is 14.0. The number of carbonyl (C=O) groups excluding carboxylic acids is 1. The lowest BCUT2D eigenvalue weighted by Gasteiger charge is -2.43. The van der Waals surface area contributed by atoms with E-state index in [0.717, 1.165) is 18.7 Å². The highest BCUT2D eigenvalue weighted by molar-refractivity contribution is 5.83. The molecular formula is C20H24N2O2. The van der Waals surface area contributed by atoms with Crippen molar-refractivity contribution in [2.45, 2.75) is 31.0 Å². The van der Waals surface area contributed by atoms with Crippen molar-refractivity contribution in [2.75, 3.05) is 13.7 Å². The number of methoxy groups -OCH3 is 1. The first-order valence-corrected chi connectivity index (χ1v) is 8.33. The lowest BCUT2D eigenvalue weighted by atomic mass is 9.71. The van der Waals surface area contributed by atoms with E-state index in [9.17, 15) is 4.79 Å². The van der Waals surface area contributed by atoms with E-state index in [2.05, 4.69) is 17.0 Å². The van der Waals surface area contributed by atoms with Gasteiger partial charge >= 0.3 is 5.97 Å². The Morgan fingerprint density at radius 2 is 1.79 bits per heavy atom. The Hall–Kier alpha value is -2.17. The van der Waals surface area contributed by atoms with E-state index < -0.39 is 5.41 Å². The van der Waals surface area contributed by atoms with E-state index >= 15 is 0 Å². The zero-order valence-corrected chi connectivity index (χ0v) is 14.0. The van der Waals surface area contributed by atoms with E-state index in [-0.39, 0.29) is 12.1 Å². The average molecular weight is 324 g/mol. The molecule has 3 rings (SSSR count). The predicted molar refractivity (Wildman–Crippen MR) is 94.2 cm³/mol. The van der Waals surface area contributed by atoms with Gasteiger partial charge in [-0.1, -0.05) is 60.7 Å². The third-order valence-electron chi connectivity index (χ3n) is 4.98. The molecule has 0 aliphatic carbocycles. The van der Waals surface area contributed by atoms with E-state index in [4.69, 9.17) is 10.5 Å². The molecule has 1 aliphatic rings. The number of hydrogen-bond donors (Lipinski definition) is 1. The Labute approximate surface area is 143 Å². The Morgan fingerprint density at radius 3 is 2.38 bits per heavy atom. The van der Waals surface area contributed by atoms with Crippen molar-refractivity contribution in [3.63, 3.8) is 0 Å². The molecular weight excluding hydrogens is 300 g/mol. The Bertz CT molecular complexity index is 675. The maximum atomic E-state index is 12.6. The van der Waals surface area contributed by atoms with Crippen LogP contribution in [0.4, 0.5) is 0 Å². The molecule has 0 radical (unpaired) electrons. The molecule has 1 fully saturated rings. The molecule has 126 valence electrons. The van der Waals surface area contributed by atoms with E-state index in [1.165, 1.54) is 12.7 Å². The van der Waals surface area contributed by atoms with Crippen molar-refractivity contribution in [1.29, 1.82) is 0 Å². The first kappa shape index (κ1) is 16.7. The normalized spacial score (nSPS) is 24.5. The quantitative estimate of drug-likeness (QED) is 0.879. The van der Waals surface area contributed by atoms with E-state index in [1.807, 2.05) is 48.5 Å². The first-order chi connectivity index (χ1) is 11.7. The van der Waals surface area contributed by atoms with Crippen LogP contribution in [0.1, 0.15) is 24.0 Å². The number of likely N-dealkylation sites (tertiary alicyclic amines) is 1. The Morgan fingerprint density at radius 1 is 1.17 bits per heavy atom. The van der Waals surface area contributed by atoms with Gasteiger partial charge in [-0.3, -0.25) is 9.69 Å². The number of ether oxygens (including phenoxy) is 1. The smallest absolute Gasteiger partial charge is 0.316 e. The van der Waals surface area contributed by atoms with E-state index in [0.29, 0.717) is 12.8 Å². The summed E-state index contributed by atoms with van der Waals surface area (Å²) in [6.07, 6.45) is 1.10. The summed E-state index contributed by atoms with van der Waals surface area (Å²) in [5.74, 6) is -0.191. The molecule has 1 heterocycles. The maximum Gasteiger partial charge on any atom is 0.316 e. The number of esters is 1. The highest BCUT2D eigenvalue weighted by Gasteiger charge is 2.46. The van der Waals surface area contributed by atoms with Crippen LogP contribution in [0, 0.1) is 0 Å². The van der Waals surface area contributed by atoms with Crippen molar-refractivity contribution in [1.82, 2.24) is 4.90 Å². The summed E-state index contributed by atoms with van der Waals surface area (Å²) in [4.78, 5) is 14.8. The third-order valence-corrected chi connectivity index (χ3v) is 4.98. The minimum absolute atomic E-state index is 0.182. The Balaban J connectivity index is 1.81. The van der Waals surface area contributed by atoms with Crippen molar-refractivity contribution >= 4 is 5.97 Å². The van der Waals surface area contributed by atoms with Crippen LogP contribution in [0.25, 0.3) is 0 Å².